The van der Waals surface area contributed by atoms with Crippen molar-refractivity contribution in [2.75, 3.05) is 16.8 Å². The summed E-state index contributed by atoms with van der Waals surface area (Å²) < 4.78 is 165. The molecule has 1 heterocycles. The molecule has 0 atom stereocenters. The van der Waals surface area contributed by atoms with E-state index in [1.165, 1.54) is 0 Å². The molecule has 3 aromatic rings. The molecule has 6 nitrogen and oxygen atoms in total. The quantitative estimate of drug-likeness (QED) is 0.164. The fraction of sp³-hybridized carbons (Fsp3) is 0.185. The van der Waals surface area contributed by atoms with Gasteiger partial charge in [-0.15, -0.1) is 0 Å². The molecule has 0 fully saturated rings. The Morgan fingerprint density at radius 2 is 1.04 bits per heavy atom. The molecule has 18 heteroatoms. The molecule has 4 rings (SSSR count). The summed E-state index contributed by atoms with van der Waals surface area (Å²) in [7, 11) is 0.654. The van der Waals surface area contributed by atoms with Crippen molar-refractivity contribution in [1.82, 2.24) is 0 Å². The van der Waals surface area contributed by atoms with Crippen LogP contribution in [0.2, 0.25) is 0 Å². The van der Waals surface area contributed by atoms with Gasteiger partial charge in [0.25, 0.3) is 17.7 Å². The fourth-order valence-electron chi connectivity index (χ4n) is 4.62. The van der Waals surface area contributed by atoms with Crippen LogP contribution in [0.3, 0.4) is 0 Å². The average molecular weight is 656 g/mol. The van der Waals surface area contributed by atoms with E-state index in [4.69, 9.17) is 0 Å². The highest BCUT2D eigenvalue weighted by atomic mass is 19.4. The number of alkyl halides is 12. The molecule has 0 radical (unpaired) electrons. The lowest BCUT2D eigenvalue weighted by Crippen LogP contribution is -2.33. The molecule has 0 unspecified atom stereocenters. The van der Waals surface area contributed by atoms with Crippen LogP contribution in [0, 0.1) is 0 Å². The van der Waals surface area contributed by atoms with Gasteiger partial charge in [-0.1, -0.05) is 0 Å². The summed E-state index contributed by atoms with van der Waals surface area (Å²) in [5, 5.41) is 0. The second-order valence-corrected chi connectivity index (χ2v) is 9.30. The first kappa shape index (κ1) is 33.0. The average Bonchev–Trinajstić information content (AvgIpc) is 3.18. The van der Waals surface area contributed by atoms with Crippen LogP contribution in [0.5, 0.6) is 0 Å². The summed E-state index contributed by atoms with van der Waals surface area (Å²) in [4.78, 5) is 51.7. The minimum Gasteiger partial charge on any atom is -0.311 e. The first-order chi connectivity index (χ1) is 20.5. The van der Waals surface area contributed by atoms with E-state index in [-0.39, 0.29) is 9.80 Å². The van der Waals surface area contributed by atoms with Crippen molar-refractivity contribution in [3.63, 3.8) is 0 Å². The molecule has 1 aliphatic rings. The molecule has 0 N–H and O–H groups in total. The Hall–Kier alpha value is -4.90. The van der Waals surface area contributed by atoms with E-state index < -0.39 is 105 Å². The van der Waals surface area contributed by atoms with Gasteiger partial charge in [0, 0.05) is 18.3 Å². The Bertz CT molecular complexity index is 1720. The second-order valence-electron chi connectivity index (χ2n) is 9.30. The maximum absolute atomic E-state index is 14.6. The van der Waals surface area contributed by atoms with Gasteiger partial charge in [0.2, 0.25) is 0 Å². The number of anilines is 2. The van der Waals surface area contributed by atoms with E-state index in [1.54, 1.807) is 0 Å². The number of rotatable bonds is 4. The first-order valence-corrected chi connectivity index (χ1v) is 11.9. The normalized spacial score (nSPS) is 14.1. The fourth-order valence-corrected chi connectivity index (χ4v) is 4.62. The van der Waals surface area contributed by atoms with Gasteiger partial charge in [0.1, 0.15) is 0 Å². The molecule has 45 heavy (non-hydrogen) atoms. The van der Waals surface area contributed by atoms with Crippen LogP contribution in [0.25, 0.3) is 0 Å². The molecule has 1 aliphatic heterocycles. The summed E-state index contributed by atoms with van der Waals surface area (Å²) in [6, 6.07) is 3.42. The van der Waals surface area contributed by atoms with Gasteiger partial charge in [-0.2, -0.15) is 52.7 Å². The lowest BCUT2D eigenvalue weighted by molar-refractivity contribution is -0.142. The molecule has 0 saturated carbocycles. The van der Waals surface area contributed by atoms with Crippen molar-refractivity contribution in [1.29, 1.82) is 0 Å². The van der Waals surface area contributed by atoms with Crippen LogP contribution in [0.15, 0.2) is 48.5 Å². The first-order valence-electron chi connectivity index (χ1n) is 11.9. The maximum Gasteiger partial charge on any atom is 0.418 e. The van der Waals surface area contributed by atoms with Crippen molar-refractivity contribution in [2.45, 2.75) is 24.7 Å². The van der Waals surface area contributed by atoms with Crippen LogP contribution >= 0.6 is 0 Å². The molecule has 0 bridgehead atoms. The van der Waals surface area contributed by atoms with Crippen LogP contribution in [-0.4, -0.2) is 31.1 Å². The third kappa shape index (κ3) is 5.71. The Morgan fingerprint density at radius 3 is 1.42 bits per heavy atom. The molecule has 238 valence electrons. The predicted octanol–water partition coefficient (Wildman–Crippen LogP) is 7.65. The highest BCUT2D eigenvalue weighted by Gasteiger charge is 2.55. The summed E-state index contributed by atoms with van der Waals surface area (Å²) in [5.74, 6) is -6.24. The highest BCUT2D eigenvalue weighted by molar-refractivity contribution is 6.36. The van der Waals surface area contributed by atoms with Gasteiger partial charge in [-0.25, -0.2) is 4.90 Å². The van der Waals surface area contributed by atoms with Gasteiger partial charge in [-0.05, 0) is 48.5 Å². The Labute approximate surface area is 242 Å². The van der Waals surface area contributed by atoms with Crippen LogP contribution in [-0.2, 0) is 24.7 Å². The van der Waals surface area contributed by atoms with Crippen LogP contribution in [0.1, 0.15) is 63.7 Å². The van der Waals surface area contributed by atoms with Crippen molar-refractivity contribution in [3.8, 4) is 0 Å². The number of aldehydes is 1. The van der Waals surface area contributed by atoms with Crippen molar-refractivity contribution >= 4 is 35.4 Å². The predicted molar refractivity (Wildman–Crippen MR) is 129 cm³/mol. The lowest BCUT2D eigenvalue weighted by Gasteiger charge is -2.25. The number of imide groups is 1. The minimum atomic E-state index is -5.93. The van der Waals surface area contributed by atoms with Crippen molar-refractivity contribution in [3.05, 3.63) is 93.0 Å². The Morgan fingerprint density at radius 1 is 0.644 bits per heavy atom. The Kier molecular flexibility index (Phi) is 7.79. The number of carbonyl (C=O) groups is 4. The molecule has 3 aromatic carbocycles. The number of halogens is 12. The number of amides is 3. The van der Waals surface area contributed by atoms with Gasteiger partial charge >= 0.3 is 24.7 Å². The zero-order valence-corrected chi connectivity index (χ0v) is 21.8. The SMILES string of the molecule is CN(C(=O)c1c(C=O)c(C(F)(F)F)c2c(c1C(F)(F)F)C(=O)N(c1ccc(C(F)(F)F)cc1)C2=O)c1ccc(C(F)(F)F)cc1. The van der Waals surface area contributed by atoms with Gasteiger partial charge in [0.05, 0.1) is 44.6 Å². The van der Waals surface area contributed by atoms with Crippen molar-refractivity contribution < 1.29 is 71.9 Å². The maximum atomic E-state index is 14.6. The zero-order valence-electron chi connectivity index (χ0n) is 21.8. The number of carbonyl (C=O) groups excluding carboxylic acids is 4. The minimum absolute atomic E-state index is 0.180. The molecular weight excluding hydrogens is 644 g/mol. The lowest BCUT2D eigenvalue weighted by atomic mass is 9.86. The summed E-state index contributed by atoms with van der Waals surface area (Å²) in [6.07, 6.45) is -22.5. The van der Waals surface area contributed by atoms with E-state index in [0.717, 1.165) is 0 Å². The molecular formula is C27H12F12N2O4. The number of fused-ring (bicyclic) bond motifs is 1. The number of hydrogen-bond acceptors (Lipinski definition) is 4. The molecule has 0 aliphatic carbocycles. The van der Waals surface area contributed by atoms with E-state index in [9.17, 15) is 71.9 Å². The summed E-state index contributed by atoms with van der Waals surface area (Å²) >= 11 is 0. The smallest absolute Gasteiger partial charge is 0.311 e. The second kappa shape index (κ2) is 10.6. The van der Waals surface area contributed by atoms with Crippen LogP contribution < -0.4 is 9.80 Å². The molecule has 0 aromatic heterocycles. The van der Waals surface area contributed by atoms with E-state index in [0.29, 0.717) is 55.6 Å². The van der Waals surface area contributed by atoms with E-state index >= 15 is 0 Å². The molecule has 0 spiro atoms. The third-order valence-electron chi connectivity index (χ3n) is 6.61. The number of nitrogens with zero attached hydrogens (tertiary/aromatic N) is 2. The van der Waals surface area contributed by atoms with E-state index in [2.05, 4.69) is 0 Å². The van der Waals surface area contributed by atoms with Crippen molar-refractivity contribution in [2.24, 2.45) is 0 Å². The zero-order chi connectivity index (χ0) is 34.0. The van der Waals surface area contributed by atoms with Crippen LogP contribution in [0.4, 0.5) is 64.1 Å². The number of hydrogen-bond donors (Lipinski definition) is 0. The largest absolute Gasteiger partial charge is 0.418 e. The van der Waals surface area contributed by atoms with Gasteiger partial charge in [0.15, 0.2) is 6.29 Å². The highest BCUT2D eigenvalue weighted by Crippen LogP contribution is 2.48. The standard InChI is InChI=1S/C27H12F12N2O4/c1-40(13-6-2-11(3-7-13)24(28,29)30)21(43)16-15(10-42)19(26(34,35)36)17-18(20(16)27(37,38)39)23(45)41(22(17)44)14-8-4-12(5-9-14)25(31,32)33/h2-10H,1H3. The van der Waals surface area contributed by atoms with Gasteiger partial charge < -0.3 is 4.90 Å². The monoisotopic (exact) mass is 656 g/mol. The number of benzene rings is 3. The summed E-state index contributed by atoms with van der Waals surface area (Å²) in [5.41, 5.74) is -17.0. The molecule has 0 saturated heterocycles. The molecule has 3 amide bonds. The topological polar surface area (TPSA) is 74.8 Å². The third-order valence-corrected chi connectivity index (χ3v) is 6.61. The Balaban J connectivity index is 2.02. The van der Waals surface area contributed by atoms with E-state index in [1.807, 2.05) is 0 Å². The van der Waals surface area contributed by atoms with Gasteiger partial charge in [-0.3, -0.25) is 19.2 Å². The summed E-state index contributed by atoms with van der Waals surface area (Å²) in [6.45, 7) is 0.